The molecular weight excluding hydrogens is 537 g/mol. The summed E-state index contributed by atoms with van der Waals surface area (Å²) < 4.78 is 18.8. The fourth-order valence-corrected chi connectivity index (χ4v) is 6.87. The van der Waals surface area contributed by atoms with Gasteiger partial charge < -0.3 is 19.0 Å². The van der Waals surface area contributed by atoms with Crippen molar-refractivity contribution in [3.63, 3.8) is 0 Å². The van der Waals surface area contributed by atoms with Gasteiger partial charge in [0.25, 0.3) is 0 Å². The van der Waals surface area contributed by atoms with Crippen LogP contribution in [0.2, 0.25) is 10.0 Å². The number of nitrogens with zero attached hydrogens (tertiary/aromatic N) is 2. The normalized spacial score (nSPS) is 24.4. The van der Waals surface area contributed by atoms with Gasteiger partial charge in [-0.25, -0.2) is 0 Å². The zero-order valence-electron chi connectivity index (χ0n) is 21.5. The van der Waals surface area contributed by atoms with Gasteiger partial charge >= 0.3 is 0 Å². The summed E-state index contributed by atoms with van der Waals surface area (Å²) in [4.78, 5) is 19.4. The molecule has 0 saturated heterocycles. The molecule has 0 spiro atoms. The molecule has 39 heavy (non-hydrogen) atoms. The van der Waals surface area contributed by atoms with E-state index in [9.17, 15) is 4.79 Å². The predicted octanol–water partition coefficient (Wildman–Crippen LogP) is 7.45. The number of aromatic nitrogens is 3. The molecular formula is C30H29Cl2N3O4. The lowest BCUT2D eigenvalue weighted by Crippen LogP contribution is -2.49. The molecule has 0 atom stereocenters. The number of rotatable bonds is 8. The summed E-state index contributed by atoms with van der Waals surface area (Å²) in [6.45, 7) is 1.08. The van der Waals surface area contributed by atoms with Gasteiger partial charge in [0, 0.05) is 58.0 Å². The first kappa shape index (κ1) is 25.1. The Hall–Kier alpha value is -2.87. The van der Waals surface area contributed by atoms with E-state index in [-0.39, 0.29) is 16.4 Å². The van der Waals surface area contributed by atoms with Crippen LogP contribution in [0, 0.1) is 5.41 Å². The van der Waals surface area contributed by atoms with Crippen LogP contribution in [0.15, 0.2) is 52.2 Å². The molecule has 8 rings (SSSR count). The fourth-order valence-electron chi connectivity index (χ4n) is 6.33. The Bertz CT molecular complexity index is 1560. The van der Waals surface area contributed by atoms with Crippen LogP contribution in [0.25, 0.3) is 22.2 Å². The Morgan fingerprint density at radius 3 is 2.49 bits per heavy atom. The number of hydrogen-bond donors (Lipinski definition) is 1. The maximum absolute atomic E-state index is 12.2. The van der Waals surface area contributed by atoms with Crippen LogP contribution in [-0.4, -0.2) is 27.3 Å². The molecule has 202 valence electrons. The minimum absolute atomic E-state index is 0.000996. The summed E-state index contributed by atoms with van der Waals surface area (Å²) in [5.74, 6) is 2.03. The molecule has 4 aromatic rings. The van der Waals surface area contributed by atoms with Crippen molar-refractivity contribution < 1.29 is 14.0 Å². The van der Waals surface area contributed by atoms with Gasteiger partial charge in [-0.3, -0.25) is 9.78 Å². The van der Waals surface area contributed by atoms with E-state index in [0.717, 1.165) is 74.0 Å². The number of aromatic amines is 1. The van der Waals surface area contributed by atoms with Crippen molar-refractivity contribution in [2.45, 2.75) is 69.5 Å². The summed E-state index contributed by atoms with van der Waals surface area (Å²) in [6, 6.07) is 7.23. The molecule has 4 saturated carbocycles. The number of pyridine rings is 2. The molecule has 1 aromatic carbocycles. The van der Waals surface area contributed by atoms with E-state index < -0.39 is 0 Å². The fraction of sp³-hybridized carbons (Fsp3) is 0.433. The zero-order valence-corrected chi connectivity index (χ0v) is 23.0. The highest BCUT2D eigenvalue weighted by atomic mass is 35.5. The Labute approximate surface area is 235 Å². The first-order chi connectivity index (χ1) is 18.9. The highest BCUT2D eigenvalue weighted by Gasteiger charge is 2.50. The van der Waals surface area contributed by atoms with E-state index in [1.54, 1.807) is 24.7 Å². The van der Waals surface area contributed by atoms with Crippen molar-refractivity contribution in [2.24, 2.45) is 5.41 Å². The summed E-state index contributed by atoms with van der Waals surface area (Å²) >= 11 is 13.0. The Kier molecular flexibility index (Phi) is 6.21. The van der Waals surface area contributed by atoms with Gasteiger partial charge in [0.15, 0.2) is 5.43 Å². The van der Waals surface area contributed by atoms with E-state index in [1.165, 1.54) is 0 Å². The lowest BCUT2D eigenvalue weighted by atomic mass is 9.59. The third kappa shape index (κ3) is 4.64. The minimum atomic E-state index is -0.154. The number of benzene rings is 1. The van der Waals surface area contributed by atoms with Crippen molar-refractivity contribution in [3.8, 4) is 17.0 Å². The Morgan fingerprint density at radius 1 is 1.03 bits per heavy atom. The topological polar surface area (TPSA) is 90.2 Å². The van der Waals surface area contributed by atoms with Crippen LogP contribution < -0.4 is 10.2 Å². The van der Waals surface area contributed by atoms with Crippen molar-refractivity contribution in [2.75, 3.05) is 6.61 Å². The third-order valence-corrected chi connectivity index (χ3v) is 9.56. The molecule has 7 nitrogen and oxygen atoms in total. The first-order valence-corrected chi connectivity index (χ1v) is 14.4. The first-order valence-electron chi connectivity index (χ1n) is 13.6. The number of hydrogen-bond acceptors (Lipinski definition) is 6. The van der Waals surface area contributed by atoms with Crippen LogP contribution in [-0.2, 0) is 11.3 Å². The lowest BCUT2D eigenvalue weighted by Gasteiger charge is -2.52. The zero-order chi connectivity index (χ0) is 26.6. The van der Waals surface area contributed by atoms with Gasteiger partial charge in [-0.05, 0) is 69.6 Å². The van der Waals surface area contributed by atoms with Gasteiger partial charge in [-0.15, -0.1) is 0 Å². The number of halogens is 2. The molecule has 9 heteroatoms. The summed E-state index contributed by atoms with van der Waals surface area (Å²) in [6.07, 6.45) is 13.1. The number of H-pyrrole nitrogens is 1. The Morgan fingerprint density at radius 2 is 1.77 bits per heavy atom. The predicted molar refractivity (Wildman–Crippen MR) is 149 cm³/mol. The second-order valence-electron chi connectivity index (χ2n) is 11.4. The second kappa shape index (κ2) is 9.65. The molecule has 3 heterocycles. The van der Waals surface area contributed by atoms with Crippen LogP contribution >= 0.6 is 23.2 Å². The standard InChI is InChI=1S/C30H29Cl2N3O4/c31-22-14-33-15-23(32)26(22)27-21(28(39-35-27)18-1-2-18)16-38-30-9-6-29(7-10-30,8-11-30)17-37-19-3-4-24-20(13-19)25(36)5-12-34-24/h3-5,12-15,18H,1-2,6-11,16-17H2,(H,34,36). The molecule has 0 radical (unpaired) electrons. The summed E-state index contributed by atoms with van der Waals surface area (Å²) in [5, 5.41) is 5.95. The molecule has 3 aromatic heterocycles. The molecule has 0 unspecified atom stereocenters. The SMILES string of the molecule is O=c1cc[nH]c2ccc(OCC34CCC(OCc5c(-c6c(Cl)cncc6Cl)noc5C5CC5)(CC3)CC4)cc12. The molecule has 1 N–H and O–H groups in total. The summed E-state index contributed by atoms with van der Waals surface area (Å²) in [7, 11) is 0. The third-order valence-electron chi connectivity index (χ3n) is 8.99. The van der Waals surface area contributed by atoms with E-state index >= 15 is 0 Å². The number of nitrogens with one attached hydrogen (secondary N) is 1. The monoisotopic (exact) mass is 565 g/mol. The van der Waals surface area contributed by atoms with E-state index in [0.29, 0.717) is 45.8 Å². The van der Waals surface area contributed by atoms with Crippen molar-refractivity contribution in [3.05, 3.63) is 74.4 Å². The molecule has 4 aliphatic rings. The van der Waals surface area contributed by atoms with Crippen LogP contribution in [0.1, 0.15) is 68.6 Å². The van der Waals surface area contributed by atoms with Gasteiger partial charge in [0.1, 0.15) is 17.2 Å². The minimum Gasteiger partial charge on any atom is -0.493 e. The van der Waals surface area contributed by atoms with Gasteiger partial charge in [-0.1, -0.05) is 28.4 Å². The lowest BCUT2D eigenvalue weighted by molar-refractivity contribution is -0.150. The highest BCUT2D eigenvalue weighted by Crippen LogP contribution is 2.55. The average Bonchev–Trinajstić information content (AvgIpc) is 3.72. The van der Waals surface area contributed by atoms with Crippen LogP contribution in [0.3, 0.4) is 0 Å². The van der Waals surface area contributed by atoms with Crippen molar-refractivity contribution in [1.82, 2.24) is 15.1 Å². The van der Waals surface area contributed by atoms with Gasteiger partial charge in [-0.2, -0.15) is 0 Å². The van der Waals surface area contributed by atoms with Crippen LogP contribution in [0.4, 0.5) is 0 Å². The molecule has 4 fully saturated rings. The maximum Gasteiger partial charge on any atom is 0.189 e. The van der Waals surface area contributed by atoms with E-state index in [4.69, 9.17) is 37.2 Å². The molecule has 0 aliphatic heterocycles. The Balaban J connectivity index is 1.04. The van der Waals surface area contributed by atoms with Crippen LogP contribution in [0.5, 0.6) is 5.75 Å². The maximum atomic E-state index is 12.2. The van der Waals surface area contributed by atoms with E-state index in [1.807, 2.05) is 18.2 Å². The second-order valence-corrected chi connectivity index (χ2v) is 12.3. The molecule has 4 aliphatic carbocycles. The largest absolute Gasteiger partial charge is 0.493 e. The molecule has 0 amide bonds. The highest BCUT2D eigenvalue weighted by molar-refractivity contribution is 6.38. The number of fused-ring (bicyclic) bond motifs is 4. The molecule has 2 bridgehead atoms. The van der Waals surface area contributed by atoms with Gasteiger partial charge in [0.2, 0.25) is 0 Å². The smallest absolute Gasteiger partial charge is 0.189 e. The average molecular weight is 566 g/mol. The van der Waals surface area contributed by atoms with Crippen molar-refractivity contribution >= 4 is 34.1 Å². The summed E-state index contributed by atoms with van der Waals surface area (Å²) in [5.41, 5.74) is 3.08. The van der Waals surface area contributed by atoms with Gasteiger partial charge in [0.05, 0.1) is 28.9 Å². The van der Waals surface area contributed by atoms with Crippen molar-refractivity contribution in [1.29, 1.82) is 0 Å². The quantitative estimate of drug-likeness (QED) is 0.238. The number of ether oxygens (including phenoxy) is 2. The van der Waals surface area contributed by atoms with E-state index in [2.05, 4.69) is 15.1 Å².